The minimum absolute atomic E-state index is 0.226. The number of nitrogens with zero attached hydrogens (tertiary/aromatic N) is 9. The van der Waals surface area contributed by atoms with Crippen molar-refractivity contribution >= 4 is 28.3 Å². The Bertz CT molecular complexity index is 1750. The Kier molecular flexibility index (Phi) is 4.94. The van der Waals surface area contributed by atoms with Gasteiger partial charge in [-0.2, -0.15) is 9.78 Å². The summed E-state index contributed by atoms with van der Waals surface area (Å²) in [4.78, 5) is 4.75. The molecule has 3 heterocycles. The predicted octanol–water partition coefficient (Wildman–Crippen LogP) is 4.17. The molecule has 6 aromatic rings. The van der Waals surface area contributed by atoms with E-state index in [1.165, 1.54) is 0 Å². The number of rotatable bonds is 4. The highest BCUT2D eigenvalue weighted by atomic mass is 35.5. The fraction of sp³-hybridized carbons (Fsp3) is 0.0800. The van der Waals surface area contributed by atoms with Gasteiger partial charge in [0.15, 0.2) is 0 Å². The summed E-state index contributed by atoms with van der Waals surface area (Å²) in [6.07, 6.45) is 1.68. The molecule has 9 nitrogen and oxygen atoms in total. The average molecular weight is 478 g/mol. The molecule has 35 heavy (non-hydrogen) atoms. The van der Waals surface area contributed by atoms with E-state index in [-0.39, 0.29) is 5.92 Å². The zero-order valence-corrected chi connectivity index (χ0v) is 19.2. The van der Waals surface area contributed by atoms with Crippen molar-refractivity contribution in [2.75, 3.05) is 0 Å². The van der Waals surface area contributed by atoms with Gasteiger partial charge in [0, 0.05) is 23.0 Å². The highest BCUT2D eigenvalue weighted by molar-refractivity contribution is 6.30. The Morgan fingerprint density at radius 2 is 1.80 bits per heavy atom. The Labute approximate surface area is 204 Å². The van der Waals surface area contributed by atoms with E-state index in [4.69, 9.17) is 16.6 Å². The van der Waals surface area contributed by atoms with E-state index in [1.54, 1.807) is 10.8 Å². The molecule has 0 spiro atoms. The van der Waals surface area contributed by atoms with Crippen LogP contribution in [0.4, 0.5) is 0 Å². The fourth-order valence-corrected chi connectivity index (χ4v) is 4.52. The van der Waals surface area contributed by atoms with E-state index in [2.05, 4.69) is 37.9 Å². The minimum atomic E-state index is -0.226. The quantitative estimate of drug-likeness (QED) is 0.374. The van der Waals surface area contributed by atoms with Gasteiger partial charge in [-0.15, -0.1) is 10.2 Å². The third-order valence-electron chi connectivity index (χ3n) is 5.98. The molecule has 0 amide bonds. The summed E-state index contributed by atoms with van der Waals surface area (Å²) in [5.74, 6) is 0.948. The summed E-state index contributed by atoms with van der Waals surface area (Å²) in [5, 5.41) is 31.2. The average Bonchev–Trinajstić information content (AvgIpc) is 3.53. The Morgan fingerprint density at radius 1 is 0.971 bits per heavy atom. The zero-order valence-electron chi connectivity index (χ0n) is 18.4. The van der Waals surface area contributed by atoms with Crippen molar-refractivity contribution in [2.45, 2.75) is 5.92 Å². The highest BCUT2D eigenvalue weighted by Crippen LogP contribution is 2.35. The molecule has 10 heteroatoms. The van der Waals surface area contributed by atoms with Crippen molar-refractivity contribution in [3.63, 3.8) is 0 Å². The molecule has 6 rings (SSSR count). The number of tetrazole rings is 1. The van der Waals surface area contributed by atoms with Gasteiger partial charge in [0.1, 0.15) is 12.2 Å². The molecule has 0 radical (unpaired) electrons. The lowest BCUT2D eigenvalue weighted by Crippen LogP contribution is -2.10. The first-order chi connectivity index (χ1) is 17.1. The van der Waals surface area contributed by atoms with Gasteiger partial charge in [-0.25, -0.2) is 4.98 Å². The lowest BCUT2D eigenvalue weighted by Gasteiger charge is -2.19. The largest absolute Gasteiger partial charge is 0.320 e. The van der Waals surface area contributed by atoms with Gasteiger partial charge >= 0.3 is 0 Å². The molecule has 0 saturated carbocycles. The molecule has 0 aliphatic carbocycles. The van der Waals surface area contributed by atoms with Crippen LogP contribution in [0, 0.1) is 11.3 Å². The highest BCUT2D eigenvalue weighted by Gasteiger charge is 2.23. The van der Waals surface area contributed by atoms with Crippen LogP contribution in [0.15, 0.2) is 73.1 Å². The number of hydrogen-bond donors (Lipinski definition) is 0. The topological polar surface area (TPSA) is 110 Å². The van der Waals surface area contributed by atoms with Gasteiger partial charge in [-0.1, -0.05) is 47.0 Å². The van der Waals surface area contributed by atoms with Crippen molar-refractivity contribution in [3.05, 3.63) is 101 Å². The first-order valence-electron chi connectivity index (χ1n) is 10.7. The maximum absolute atomic E-state index is 9.25. The predicted molar refractivity (Wildman–Crippen MR) is 130 cm³/mol. The Hall–Kier alpha value is -4.68. The lowest BCUT2D eigenvalue weighted by molar-refractivity contribution is 0.762. The fourth-order valence-electron chi connectivity index (χ4n) is 4.33. The molecule has 1 atom stereocenters. The van der Waals surface area contributed by atoms with Gasteiger partial charge < -0.3 is 4.57 Å². The molecule has 1 unspecified atom stereocenters. The van der Waals surface area contributed by atoms with Crippen LogP contribution in [0.2, 0.25) is 5.02 Å². The van der Waals surface area contributed by atoms with Gasteiger partial charge in [-0.05, 0) is 58.0 Å². The first-order valence-corrected chi connectivity index (χ1v) is 11.1. The molecule has 0 aliphatic heterocycles. The molecule has 3 aromatic carbocycles. The van der Waals surface area contributed by atoms with Gasteiger partial charge in [0.25, 0.3) is 5.78 Å². The van der Waals surface area contributed by atoms with Crippen LogP contribution in [0.1, 0.15) is 28.4 Å². The van der Waals surface area contributed by atoms with Crippen molar-refractivity contribution in [1.82, 2.24) is 39.8 Å². The smallest absolute Gasteiger partial charge is 0.274 e. The zero-order chi connectivity index (χ0) is 23.9. The van der Waals surface area contributed by atoms with E-state index >= 15 is 0 Å². The van der Waals surface area contributed by atoms with Crippen LogP contribution in [-0.2, 0) is 7.05 Å². The molecule has 0 aliphatic rings. The molecule has 0 fully saturated rings. The number of aromatic nitrogens is 8. The summed E-state index contributed by atoms with van der Waals surface area (Å²) in [6.45, 7) is 0. The van der Waals surface area contributed by atoms with E-state index < -0.39 is 0 Å². The lowest BCUT2D eigenvalue weighted by atomic mass is 9.88. The second-order valence-corrected chi connectivity index (χ2v) is 8.54. The van der Waals surface area contributed by atoms with Crippen molar-refractivity contribution in [3.8, 4) is 17.3 Å². The first kappa shape index (κ1) is 20.9. The van der Waals surface area contributed by atoms with Crippen LogP contribution in [0.25, 0.3) is 27.9 Å². The summed E-state index contributed by atoms with van der Waals surface area (Å²) >= 11 is 6.30. The number of benzene rings is 3. The third kappa shape index (κ3) is 3.57. The van der Waals surface area contributed by atoms with Crippen LogP contribution >= 0.6 is 11.6 Å². The second kappa shape index (κ2) is 8.27. The molecular weight excluding hydrogens is 462 g/mol. The maximum atomic E-state index is 9.25. The van der Waals surface area contributed by atoms with Crippen molar-refractivity contribution < 1.29 is 0 Å². The Morgan fingerprint density at radius 3 is 2.54 bits per heavy atom. The van der Waals surface area contributed by atoms with E-state index in [0.29, 0.717) is 16.4 Å². The van der Waals surface area contributed by atoms with Crippen LogP contribution in [0.3, 0.4) is 0 Å². The molecule has 3 aromatic heterocycles. The summed E-state index contributed by atoms with van der Waals surface area (Å²) in [7, 11) is 1.91. The van der Waals surface area contributed by atoms with E-state index in [0.717, 1.165) is 39.1 Å². The van der Waals surface area contributed by atoms with Crippen LogP contribution < -0.4 is 0 Å². The van der Waals surface area contributed by atoms with Crippen molar-refractivity contribution in [1.29, 1.82) is 5.26 Å². The number of aryl methyl sites for hydroxylation is 1. The number of halogens is 1. The van der Waals surface area contributed by atoms with Crippen LogP contribution in [-0.4, -0.2) is 39.8 Å². The van der Waals surface area contributed by atoms with Crippen molar-refractivity contribution in [2.24, 2.45) is 7.05 Å². The Balaban J connectivity index is 1.63. The summed E-state index contributed by atoms with van der Waals surface area (Å²) < 4.78 is 3.51. The number of nitriles is 1. The normalized spacial score (nSPS) is 12.1. The third-order valence-corrected chi connectivity index (χ3v) is 6.21. The summed E-state index contributed by atoms with van der Waals surface area (Å²) in [6, 6.07) is 23.3. The molecule has 0 N–H and O–H groups in total. The second-order valence-electron chi connectivity index (χ2n) is 8.10. The summed E-state index contributed by atoms with van der Waals surface area (Å²) in [5.41, 5.74) is 4.96. The standard InChI is InChI=1S/C25H16ClN9/c1-34-14-28-30-24(34)22(16-7-5-15(13-27)6-8-16)17-9-10-21-20(12-17)23(18-3-2-4-19(26)11-18)29-25-31-32-33-35(21)25/h2-12,14,22H,1H3. The molecule has 0 saturated heterocycles. The minimum Gasteiger partial charge on any atom is -0.320 e. The molecular formula is C25H16ClN9. The monoisotopic (exact) mass is 477 g/mol. The molecule has 0 bridgehead atoms. The van der Waals surface area contributed by atoms with E-state index in [9.17, 15) is 5.26 Å². The SMILES string of the molecule is Cn1cnnc1C(c1ccc(C#N)cc1)c1ccc2c(c1)c(-c1cccc(Cl)c1)nc1nnnn12. The van der Waals surface area contributed by atoms with Gasteiger partial charge in [0.05, 0.1) is 28.8 Å². The van der Waals surface area contributed by atoms with Gasteiger partial charge in [0.2, 0.25) is 0 Å². The number of fused-ring (bicyclic) bond motifs is 3. The number of hydrogen-bond acceptors (Lipinski definition) is 7. The van der Waals surface area contributed by atoms with E-state index in [1.807, 2.05) is 72.3 Å². The van der Waals surface area contributed by atoms with Gasteiger partial charge in [-0.3, -0.25) is 0 Å². The van der Waals surface area contributed by atoms with Crippen LogP contribution in [0.5, 0.6) is 0 Å². The molecule has 168 valence electrons. The maximum Gasteiger partial charge on any atom is 0.274 e.